The quantitative estimate of drug-likeness (QED) is 0.485. The molecule has 1 heterocycles. The van der Waals surface area contributed by atoms with Crippen LogP contribution in [0.25, 0.3) is 0 Å². The van der Waals surface area contributed by atoms with Crippen LogP contribution < -0.4 is 5.32 Å². The summed E-state index contributed by atoms with van der Waals surface area (Å²) in [6.45, 7) is 0.545. The summed E-state index contributed by atoms with van der Waals surface area (Å²) in [5, 5.41) is 7.20. The molecule has 0 aromatic carbocycles. The minimum atomic E-state index is -0.296. The predicted octanol–water partition coefficient (Wildman–Crippen LogP) is -1.12. The molecule has 1 aliphatic rings. The Morgan fingerprint density at radius 2 is 2.80 bits per heavy atom. The minimum absolute atomic E-state index is 0.181. The second-order valence-corrected chi connectivity index (χ2v) is 2.34. The monoisotopic (exact) mass is 146 g/mol. The van der Waals surface area contributed by atoms with Crippen molar-refractivity contribution in [3.8, 4) is 0 Å². The first kappa shape index (κ1) is 6.12. The summed E-state index contributed by atoms with van der Waals surface area (Å²) >= 11 is 0. The van der Waals surface area contributed by atoms with E-state index in [1.54, 1.807) is 0 Å². The van der Waals surface area contributed by atoms with Gasteiger partial charge in [0.1, 0.15) is 6.04 Å². The molecule has 0 saturated carbocycles. The minimum Gasteiger partial charge on any atom is -0.468 e. The van der Waals surface area contributed by atoms with Crippen LogP contribution in [0.2, 0.25) is 0 Å². The number of carbonyl (C=O) groups excluding carboxylic acids is 1. The third kappa shape index (κ3) is 1.46. The molecule has 10 heavy (non-hydrogen) atoms. The fourth-order valence-corrected chi connectivity index (χ4v) is 1.03. The molecule has 58 valence electrons. The molecule has 0 aromatic heterocycles. The zero-order chi connectivity index (χ0) is 8.27. The highest BCUT2D eigenvalue weighted by Crippen LogP contribution is 2.06. The molecule has 2 N–H and O–H groups in total. The third-order valence-corrected chi connectivity index (χ3v) is 1.58. The number of hydrogen-bond donors (Lipinski definition) is 2. The van der Waals surface area contributed by atoms with Crippen LogP contribution >= 0.6 is 0 Å². The fraction of sp³-hybridized carbons (Fsp3) is 0.833. The van der Waals surface area contributed by atoms with E-state index in [1.165, 1.54) is 7.11 Å². The molecule has 1 saturated heterocycles. The highest BCUT2D eigenvalue weighted by molar-refractivity contribution is 5.76. The van der Waals surface area contributed by atoms with Crippen LogP contribution in [-0.2, 0) is 9.53 Å². The number of aliphatic hydroxyl groups is 1. The average molecular weight is 146 g/mol. The summed E-state index contributed by atoms with van der Waals surface area (Å²) in [4.78, 5) is 10.9. The Bertz CT molecular complexity index is 153. The lowest BCUT2D eigenvalue weighted by molar-refractivity contribution is -0.142. The van der Waals surface area contributed by atoms with Crippen molar-refractivity contribution in [2.75, 3.05) is 13.7 Å². The van der Waals surface area contributed by atoms with Crippen molar-refractivity contribution in [2.45, 2.75) is 18.6 Å². The number of carbonyl (C=O) groups is 1. The Kier molecular flexibility index (Phi) is 1.83. The molecule has 0 aliphatic carbocycles. The summed E-state index contributed by atoms with van der Waals surface area (Å²) in [5.74, 6) is -0.287. The first-order chi connectivity index (χ1) is 5.27. The third-order valence-electron chi connectivity index (χ3n) is 1.58. The van der Waals surface area contributed by atoms with Gasteiger partial charge in [0.05, 0.1) is 13.2 Å². The molecule has 4 nitrogen and oxygen atoms in total. The molecule has 1 unspecified atom stereocenters. The van der Waals surface area contributed by atoms with Gasteiger partial charge in [-0.3, -0.25) is 4.79 Å². The van der Waals surface area contributed by atoms with Gasteiger partial charge in [-0.05, 0) is 0 Å². The van der Waals surface area contributed by atoms with Gasteiger partial charge in [0.15, 0.2) is 0 Å². The average Bonchev–Trinajstić information content (AvgIpc) is 2.50. The van der Waals surface area contributed by atoms with Gasteiger partial charge < -0.3 is 15.2 Å². The molecule has 0 spiro atoms. The molecule has 1 rings (SSSR count). The molecule has 1 fully saturated rings. The molecule has 0 radical (unpaired) electrons. The van der Waals surface area contributed by atoms with E-state index in [0.717, 1.165) is 0 Å². The number of hydrogen-bond acceptors (Lipinski definition) is 4. The van der Waals surface area contributed by atoms with Gasteiger partial charge in [0, 0.05) is 13.0 Å². The van der Waals surface area contributed by atoms with Crippen LogP contribution in [0, 0.1) is 0 Å². The fourth-order valence-electron chi connectivity index (χ4n) is 1.03. The van der Waals surface area contributed by atoms with Gasteiger partial charge in [-0.15, -0.1) is 0 Å². The second kappa shape index (κ2) is 2.98. The number of methoxy groups -OCH3 is 1. The zero-order valence-electron chi connectivity index (χ0n) is 6.79. The predicted molar refractivity (Wildman–Crippen MR) is 34.4 cm³/mol. The van der Waals surface area contributed by atoms with E-state index in [2.05, 4.69) is 15.2 Å². The van der Waals surface area contributed by atoms with Gasteiger partial charge in [0.25, 0.3) is 0 Å². The van der Waals surface area contributed by atoms with E-state index in [9.17, 15) is 4.79 Å². The maximum Gasteiger partial charge on any atom is 0.322 e. The van der Waals surface area contributed by atoms with Crippen molar-refractivity contribution in [3.63, 3.8) is 0 Å². The Morgan fingerprint density at radius 3 is 3.30 bits per heavy atom. The van der Waals surface area contributed by atoms with Crippen LogP contribution in [0.15, 0.2) is 0 Å². The summed E-state index contributed by atoms with van der Waals surface area (Å²) in [6.07, 6.45) is 0.343. The maximum atomic E-state index is 10.9. The van der Waals surface area contributed by atoms with Crippen LogP contribution in [0.5, 0.6) is 0 Å². The highest BCUT2D eigenvalue weighted by Gasteiger charge is 2.28. The molecule has 2 atom stereocenters. The Hall–Kier alpha value is -0.610. The lowest BCUT2D eigenvalue weighted by Gasteiger charge is -2.05. The Balaban J connectivity index is 2.35. The molecule has 4 heteroatoms. The van der Waals surface area contributed by atoms with E-state index >= 15 is 0 Å². The standard InChI is InChI=1S/C6H11NO3/c1-10-6(9)5-2-4(8)3-7-5/h4-5,7-8H,2-3H2,1H3/t4-,5?/m1/s1/i8D. The summed E-state index contributed by atoms with van der Waals surface area (Å²) in [6, 6.07) is -0.296. The topological polar surface area (TPSA) is 58.6 Å². The smallest absolute Gasteiger partial charge is 0.322 e. The first-order valence-electron chi connectivity index (χ1n) is 3.62. The van der Waals surface area contributed by atoms with Crippen molar-refractivity contribution < 1.29 is 14.6 Å². The van der Waals surface area contributed by atoms with Crippen molar-refractivity contribution in [1.29, 1.82) is 1.43 Å². The second-order valence-electron chi connectivity index (χ2n) is 2.34. The number of ether oxygens (including phenoxy) is 1. The normalized spacial score (nSPS) is 33.5. The van der Waals surface area contributed by atoms with Crippen molar-refractivity contribution in [3.05, 3.63) is 0 Å². The van der Waals surface area contributed by atoms with E-state index < -0.39 is 0 Å². The SMILES string of the molecule is [2H]O[C@H]1CNC(C(=O)OC)C1. The summed E-state index contributed by atoms with van der Waals surface area (Å²) < 4.78 is 11.1. The van der Waals surface area contributed by atoms with E-state index in [4.69, 9.17) is 1.43 Å². The number of rotatable bonds is 2. The Labute approximate surface area is 60.7 Å². The summed E-state index contributed by atoms with van der Waals surface area (Å²) in [5.41, 5.74) is 0. The van der Waals surface area contributed by atoms with Gasteiger partial charge in [-0.2, -0.15) is 0 Å². The molecular weight excluding hydrogens is 134 g/mol. The Morgan fingerprint density at radius 1 is 2.00 bits per heavy atom. The number of aliphatic hydroxyl groups excluding tert-OH is 1. The van der Waals surface area contributed by atoms with Gasteiger partial charge in [0.2, 0.25) is 1.43 Å². The van der Waals surface area contributed by atoms with Crippen LogP contribution in [-0.4, -0.2) is 38.3 Å². The van der Waals surface area contributed by atoms with Crippen molar-refractivity contribution in [2.24, 2.45) is 0 Å². The molecule has 0 amide bonds. The van der Waals surface area contributed by atoms with Gasteiger partial charge in [-0.25, -0.2) is 0 Å². The number of β-amino-alcohol motifs (C(OH)–C–C–N with tert-alkyl or cyclic N) is 1. The van der Waals surface area contributed by atoms with Gasteiger partial charge >= 0.3 is 5.97 Å². The van der Waals surface area contributed by atoms with Crippen molar-refractivity contribution in [1.82, 2.24) is 5.32 Å². The highest BCUT2D eigenvalue weighted by atomic mass is 16.5. The van der Waals surface area contributed by atoms with E-state index in [0.29, 0.717) is 13.0 Å². The van der Waals surface area contributed by atoms with Crippen LogP contribution in [0.3, 0.4) is 0 Å². The zero-order valence-corrected chi connectivity index (χ0v) is 5.79. The van der Waals surface area contributed by atoms with Crippen molar-refractivity contribution >= 4 is 5.97 Å². The van der Waals surface area contributed by atoms with E-state index in [1.807, 2.05) is 0 Å². The molecular formula is C6H11NO3. The number of nitrogens with one attached hydrogen (secondary N) is 1. The van der Waals surface area contributed by atoms with Crippen LogP contribution in [0.1, 0.15) is 6.42 Å². The van der Waals surface area contributed by atoms with Crippen LogP contribution in [0.4, 0.5) is 0 Å². The largest absolute Gasteiger partial charge is 0.468 e. The number of esters is 1. The maximum absolute atomic E-state index is 10.9. The summed E-state index contributed by atoms with van der Waals surface area (Å²) in [7, 11) is 1.35. The lowest BCUT2D eigenvalue weighted by Crippen LogP contribution is -2.31. The molecule has 0 aromatic rings. The molecule has 1 aliphatic heterocycles. The first-order valence-corrected chi connectivity index (χ1v) is 3.21. The molecule has 0 bridgehead atoms. The lowest BCUT2D eigenvalue weighted by atomic mass is 10.2. The van der Waals surface area contributed by atoms with Gasteiger partial charge in [-0.1, -0.05) is 0 Å². The van der Waals surface area contributed by atoms with E-state index in [-0.39, 0.29) is 18.1 Å².